The Hall–Kier alpha value is -0.460. The molecule has 2 saturated carbocycles. The van der Waals surface area contributed by atoms with E-state index in [1.165, 1.54) is 0 Å². The number of aliphatic hydroxyl groups is 5. The summed E-state index contributed by atoms with van der Waals surface area (Å²) in [4.78, 5) is 0. The van der Waals surface area contributed by atoms with Crippen LogP contribution in [0.3, 0.4) is 0 Å². The summed E-state index contributed by atoms with van der Waals surface area (Å²) in [5.74, 6) is -0.423. The van der Waals surface area contributed by atoms with Crippen LogP contribution in [0.5, 0.6) is 0 Å². The van der Waals surface area contributed by atoms with E-state index in [-0.39, 0.29) is 0 Å². The highest BCUT2D eigenvalue weighted by molar-refractivity contribution is 5.30. The van der Waals surface area contributed by atoms with E-state index in [4.69, 9.17) is 5.11 Å². The lowest BCUT2D eigenvalue weighted by atomic mass is 9.50. The van der Waals surface area contributed by atoms with Crippen molar-refractivity contribution in [2.24, 2.45) is 11.3 Å². The van der Waals surface area contributed by atoms with Crippen LogP contribution in [0.4, 0.5) is 0 Å². The van der Waals surface area contributed by atoms with Gasteiger partial charge in [0, 0.05) is 18.4 Å². The van der Waals surface area contributed by atoms with Crippen molar-refractivity contribution >= 4 is 0 Å². The molecule has 5 atom stereocenters. The number of aliphatic hydroxyl groups excluding tert-OH is 3. The summed E-state index contributed by atoms with van der Waals surface area (Å²) in [6, 6.07) is 0. The van der Waals surface area contributed by atoms with Gasteiger partial charge in [-0.3, -0.25) is 0 Å². The average Bonchev–Trinajstić information content (AvgIpc) is 2.41. The van der Waals surface area contributed by atoms with E-state index in [2.05, 4.69) is 6.58 Å². The van der Waals surface area contributed by atoms with Gasteiger partial charge in [0.05, 0.1) is 17.8 Å². The van der Waals surface area contributed by atoms with E-state index in [1.54, 1.807) is 13.8 Å². The molecule has 0 bridgehead atoms. The van der Waals surface area contributed by atoms with Gasteiger partial charge in [-0.15, -0.1) is 0 Å². The van der Waals surface area contributed by atoms with Gasteiger partial charge in [0.2, 0.25) is 0 Å². The predicted molar refractivity (Wildman–Crippen MR) is 80.6 cm³/mol. The zero-order chi connectivity index (χ0) is 16.6. The maximum Gasteiger partial charge on any atom is 0.119 e. The highest BCUT2D eigenvalue weighted by Gasteiger charge is 2.62. The second kappa shape index (κ2) is 5.97. The van der Waals surface area contributed by atoms with Crippen molar-refractivity contribution < 1.29 is 25.5 Å². The van der Waals surface area contributed by atoms with Crippen molar-refractivity contribution in [1.29, 1.82) is 0 Å². The van der Waals surface area contributed by atoms with Crippen LogP contribution in [0.15, 0.2) is 12.2 Å². The fourth-order valence-electron chi connectivity index (χ4n) is 3.99. The first kappa shape index (κ1) is 18.6. The van der Waals surface area contributed by atoms with E-state index in [0.29, 0.717) is 31.3 Å². The maximum absolute atomic E-state index is 11.1. The Morgan fingerprint density at radius 3 is 2.10 bits per heavy atom. The van der Waals surface area contributed by atoms with Crippen molar-refractivity contribution in [1.82, 2.24) is 0 Å². The maximum atomic E-state index is 11.1. The minimum atomic E-state index is -1.52. The van der Waals surface area contributed by atoms with E-state index < -0.39 is 34.7 Å². The molecule has 2 rings (SSSR count). The third-order valence-electron chi connectivity index (χ3n) is 5.51. The Kier molecular flexibility index (Phi) is 5.29. The third-order valence-corrected chi connectivity index (χ3v) is 5.51. The second-order valence-corrected chi connectivity index (χ2v) is 7.15. The Morgan fingerprint density at radius 2 is 1.62 bits per heavy atom. The Morgan fingerprint density at radius 1 is 1.14 bits per heavy atom. The molecule has 0 saturated heterocycles. The van der Waals surface area contributed by atoms with Crippen LogP contribution in [0, 0.1) is 11.3 Å². The number of fused-ring (bicyclic) bond motifs is 1. The van der Waals surface area contributed by atoms with Crippen LogP contribution in [-0.2, 0) is 0 Å². The average molecular weight is 302 g/mol. The molecule has 2 fully saturated rings. The molecule has 21 heavy (non-hydrogen) atoms. The first-order valence-electron chi connectivity index (χ1n) is 7.49. The van der Waals surface area contributed by atoms with Gasteiger partial charge in [0.1, 0.15) is 5.60 Å². The molecule has 5 nitrogen and oxygen atoms in total. The lowest BCUT2D eigenvalue weighted by molar-refractivity contribution is -0.221. The van der Waals surface area contributed by atoms with Crippen LogP contribution in [-0.4, -0.2) is 56.1 Å². The quantitative estimate of drug-likeness (QED) is 0.456. The van der Waals surface area contributed by atoms with Gasteiger partial charge in [0.15, 0.2) is 0 Å². The van der Waals surface area contributed by atoms with Crippen molar-refractivity contribution in [3.63, 3.8) is 0 Å². The van der Waals surface area contributed by atoms with E-state index in [0.717, 1.165) is 7.11 Å². The first-order valence-corrected chi connectivity index (χ1v) is 7.49. The fraction of sp³-hybridized carbons (Fsp3) is 0.875. The highest BCUT2D eigenvalue weighted by atomic mass is 16.4. The standard InChI is InChI=1S/C15H26O4.CH4O/c1-9-11(16)6-8-14(4)7-5-10(13(2,3)18)12(17)15(9,14)19;1-2/h10-12,16-19H,1,5-8H2,2-4H3;2H,1H3/t10-,11+,12-,14+,15+;/m1./s1. The summed E-state index contributed by atoms with van der Waals surface area (Å²) in [5, 5.41) is 48.9. The molecule has 0 unspecified atom stereocenters. The third kappa shape index (κ3) is 2.78. The molecule has 0 amide bonds. The molecule has 0 aromatic rings. The highest BCUT2D eigenvalue weighted by Crippen LogP contribution is 2.57. The number of hydrogen-bond acceptors (Lipinski definition) is 5. The normalized spacial score (nSPS) is 43.7. The molecule has 2 aliphatic carbocycles. The van der Waals surface area contributed by atoms with Gasteiger partial charge in [-0.1, -0.05) is 13.5 Å². The van der Waals surface area contributed by atoms with Crippen molar-refractivity contribution in [2.45, 2.75) is 69.9 Å². The molecule has 5 heteroatoms. The zero-order valence-electron chi connectivity index (χ0n) is 13.5. The molecule has 0 aromatic heterocycles. The Bertz CT molecular complexity index is 389. The molecular weight excluding hydrogens is 272 g/mol. The van der Waals surface area contributed by atoms with Gasteiger partial charge in [0.25, 0.3) is 0 Å². The monoisotopic (exact) mass is 302 g/mol. The van der Waals surface area contributed by atoms with Crippen LogP contribution >= 0.6 is 0 Å². The molecule has 0 heterocycles. The van der Waals surface area contributed by atoms with Gasteiger partial charge >= 0.3 is 0 Å². The van der Waals surface area contributed by atoms with Crippen molar-refractivity contribution in [3.05, 3.63) is 12.2 Å². The minimum Gasteiger partial charge on any atom is -0.400 e. The van der Waals surface area contributed by atoms with Gasteiger partial charge < -0.3 is 25.5 Å². The molecule has 0 aromatic carbocycles. The SMILES string of the molecule is C=C1[C@@H](O)CC[C@]2(C)CC[C@@H](C(C)(C)O)[C@@H](O)[C@@]12O.CO. The van der Waals surface area contributed by atoms with Crippen molar-refractivity contribution in [2.75, 3.05) is 7.11 Å². The van der Waals surface area contributed by atoms with Gasteiger partial charge in [-0.25, -0.2) is 0 Å². The smallest absolute Gasteiger partial charge is 0.119 e. The molecule has 124 valence electrons. The van der Waals surface area contributed by atoms with E-state index in [9.17, 15) is 20.4 Å². The predicted octanol–water partition coefficient (Wildman–Crippen LogP) is 0.585. The van der Waals surface area contributed by atoms with Crippen molar-refractivity contribution in [3.8, 4) is 0 Å². The minimum absolute atomic E-state index is 0.294. The van der Waals surface area contributed by atoms with E-state index in [1.807, 2.05) is 6.92 Å². The summed E-state index contributed by atoms with van der Waals surface area (Å²) in [5.41, 5.74) is -2.78. The van der Waals surface area contributed by atoms with Crippen LogP contribution in [0.25, 0.3) is 0 Å². The summed E-state index contributed by atoms with van der Waals surface area (Å²) in [6.07, 6.45) is 0.701. The Labute approximate surface area is 126 Å². The van der Waals surface area contributed by atoms with Gasteiger partial charge in [-0.2, -0.15) is 0 Å². The zero-order valence-corrected chi connectivity index (χ0v) is 13.5. The first-order chi connectivity index (χ1) is 9.54. The molecule has 0 aliphatic heterocycles. The van der Waals surface area contributed by atoms with Crippen LogP contribution in [0.1, 0.15) is 46.5 Å². The molecule has 2 aliphatic rings. The summed E-state index contributed by atoms with van der Waals surface area (Å²) in [7, 11) is 1.00. The van der Waals surface area contributed by atoms with Crippen LogP contribution < -0.4 is 0 Å². The molecule has 0 spiro atoms. The molecule has 5 N–H and O–H groups in total. The summed E-state index contributed by atoms with van der Waals surface area (Å²) in [6.45, 7) is 9.06. The topological polar surface area (TPSA) is 101 Å². The number of hydrogen-bond donors (Lipinski definition) is 5. The number of rotatable bonds is 1. The fourth-order valence-corrected chi connectivity index (χ4v) is 3.99. The van der Waals surface area contributed by atoms with Crippen LogP contribution in [0.2, 0.25) is 0 Å². The Balaban J connectivity index is 0.00000106. The summed E-state index contributed by atoms with van der Waals surface area (Å²) < 4.78 is 0. The van der Waals surface area contributed by atoms with Gasteiger partial charge in [-0.05, 0) is 45.1 Å². The summed E-state index contributed by atoms with van der Waals surface area (Å²) >= 11 is 0. The lowest BCUT2D eigenvalue weighted by Crippen LogP contribution is -2.67. The lowest BCUT2D eigenvalue weighted by Gasteiger charge is -2.59. The largest absolute Gasteiger partial charge is 0.400 e. The second-order valence-electron chi connectivity index (χ2n) is 7.15. The molecule has 0 radical (unpaired) electrons. The van der Waals surface area contributed by atoms with E-state index >= 15 is 0 Å². The molecular formula is C16H30O5.